The van der Waals surface area contributed by atoms with Gasteiger partial charge in [-0.2, -0.15) is 0 Å². The molecule has 3 rings (SSSR count). The monoisotopic (exact) mass is 553 g/mol. The third kappa shape index (κ3) is 11.9. The van der Waals surface area contributed by atoms with Crippen LogP contribution in [0.3, 0.4) is 0 Å². The van der Waals surface area contributed by atoms with Gasteiger partial charge in [-0.05, 0) is 91.0 Å². The van der Waals surface area contributed by atoms with Crippen molar-refractivity contribution >= 4 is 18.0 Å². The van der Waals surface area contributed by atoms with E-state index in [-0.39, 0.29) is 0 Å². The van der Waals surface area contributed by atoms with Crippen LogP contribution in [0.1, 0.15) is 59.2 Å². The van der Waals surface area contributed by atoms with Crippen LogP contribution in [0.4, 0.5) is 15.4 Å². The van der Waals surface area contributed by atoms with Crippen molar-refractivity contribution in [1.82, 2.24) is 20.5 Å². The highest BCUT2D eigenvalue weighted by molar-refractivity contribution is 5.83. The Morgan fingerprint density at radius 3 is 2.30 bits per heavy atom. The number of hydrogen-bond donors (Lipinski definition) is 3. The molecule has 1 aromatic heterocycles. The number of benzene rings is 1. The van der Waals surface area contributed by atoms with E-state index in [4.69, 9.17) is 9.47 Å². The Balaban J connectivity index is 1.57. The number of carbonyl (C=O) groups excluding carboxylic acids is 2. The lowest BCUT2D eigenvalue weighted by atomic mass is 9.97. The van der Waals surface area contributed by atoms with Crippen LogP contribution in [0, 0.1) is 5.92 Å². The molecule has 2 atom stereocenters. The second kappa shape index (κ2) is 14.5. The minimum Gasteiger partial charge on any atom is -0.444 e. The normalized spacial score (nSPS) is 17.9. The number of anilines is 1. The maximum atomic E-state index is 12.2. The minimum absolute atomic E-state index is 0.293. The number of nitrogens with one attached hydrogen (secondary N) is 3. The Labute approximate surface area is 239 Å². The fourth-order valence-corrected chi connectivity index (χ4v) is 4.78. The van der Waals surface area contributed by atoms with Gasteiger partial charge in [-0.25, -0.2) is 14.6 Å². The molecule has 3 N–H and O–H groups in total. The lowest BCUT2D eigenvalue weighted by molar-refractivity contribution is 0.0522. The Morgan fingerprint density at radius 1 is 0.900 bits per heavy atom. The van der Waals surface area contributed by atoms with Gasteiger partial charge in [0.2, 0.25) is 0 Å². The summed E-state index contributed by atoms with van der Waals surface area (Å²) >= 11 is 0. The van der Waals surface area contributed by atoms with Gasteiger partial charge in [0.05, 0.1) is 0 Å². The van der Waals surface area contributed by atoms with Crippen molar-refractivity contribution < 1.29 is 19.1 Å². The summed E-state index contributed by atoms with van der Waals surface area (Å²) in [5.41, 5.74) is 1.17. The molecule has 0 aliphatic carbocycles. The Hall–Kier alpha value is -3.17. The fraction of sp³-hybridized carbons (Fsp3) is 0.581. The molecule has 0 saturated carbocycles. The first-order valence-corrected chi connectivity index (χ1v) is 14.3. The molecule has 1 aliphatic rings. The van der Waals surface area contributed by atoms with Crippen molar-refractivity contribution in [3.05, 3.63) is 59.8 Å². The lowest BCUT2D eigenvalue weighted by Crippen LogP contribution is -2.39. The van der Waals surface area contributed by atoms with E-state index in [1.165, 1.54) is 5.56 Å². The van der Waals surface area contributed by atoms with E-state index in [1.807, 2.05) is 59.7 Å². The topological polar surface area (TPSA) is 105 Å². The highest BCUT2D eigenvalue weighted by Crippen LogP contribution is 2.22. The average Bonchev–Trinajstić information content (AvgIpc) is 3.21. The van der Waals surface area contributed by atoms with Crippen molar-refractivity contribution in [2.75, 3.05) is 38.0 Å². The molecule has 2 aromatic rings. The zero-order valence-corrected chi connectivity index (χ0v) is 25.0. The second-order valence-electron chi connectivity index (χ2n) is 12.4. The standard InChI is InChI=1S/C31H47N5O4/c1-30(2,3)39-28(37)33-18-19-36-21-24(26(22-36)32-17-11-14-23-12-8-7-9-13-23)20-25-15-10-16-27(34-25)35-29(38)40-31(4,5)6/h7-10,12-13,15-16,24,26,32H,11,14,17-22H2,1-6H3,(H,33,37)(H,34,35,38). The van der Waals surface area contributed by atoms with Crippen LogP contribution in [0.25, 0.3) is 0 Å². The highest BCUT2D eigenvalue weighted by atomic mass is 16.6. The zero-order chi connectivity index (χ0) is 29.2. The van der Waals surface area contributed by atoms with Crippen LogP contribution in [0.5, 0.6) is 0 Å². The van der Waals surface area contributed by atoms with Crippen LogP contribution in [-0.2, 0) is 22.3 Å². The number of rotatable bonds is 11. The molecule has 40 heavy (non-hydrogen) atoms. The van der Waals surface area contributed by atoms with Gasteiger partial charge in [-0.3, -0.25) is 10.2 Å². The van der Waals surface area contributed by atoms with Gasteiger partial charge in [0.1, 0.15) is 17.0 Å². The maximum absolute atomic E-state index is 12.2. The SMILES string of the molecule is CC(C)(C)OC(=O)NCCN1CC(Cc2cccc(NC(=O)OC(C)(C)C)n2)C(NCCCc2ccccc2)C1. The number of ether oxygens (including phenoxy) is 2. The maximum Gasteiger partial charge on any atom is 0.413 e. The Morgan fingerprint density at radius 2 is 1.60 bits per heavy atom. The van der Waals surface area contributed by atoms with Gasteiger partial charge < -0.3 is 20.1 Å². The van der Waals surface area contributed by atoms with Crippen LogP contribution >= 0.6 is 0 Å². The van der Waals surface area contributed by atoms with Crippen molar-refractivity contribution in [3.63, 3.8) is 0 Å². The largest absolute Gasteiger partial charge is 0.444 e. The van der Waals surface area contributed by atoms with Gasteiger partial charge in [-0.15, -0.1) is 0 Å². The number of hydrogen-bond acceptors (Lipinski definition) is 7. The predicted octanol–water partition coefficient (Wildman–Crippen LogP) is 5.02. The molecular formula is C31H47N5O4. The highest BCUT2D eigenvalue weighted by Gasteiger charge is 2.32. The minimum atomic E-state index is -0.577. The quantitative estimate of drug-likeness (QED) is 0.336. The van der Waals surface area contributed by atoms with E-state index in [0.29, 0.717) is 24.3 Å². The molecule has 220 valence electrons. The van der Waals surface area contributed by atoms with Crippen molar-refractivity contribution in [1.29, 1.82) is 0 Å². The molecule has 0 bridgehead atoms. The first kappa shape index (κ1) is 31.4. The summed E-state index contributed by atoms with van der Waals surface area (Å²) in [4.78, 5) is 31.4. The van der Waals surface area contributed by atoms with Crippen molar-refractivity contribution in [2.45, 2.75) is 78.0 Å². The lowest BCUT2D eigenvalue weighted by Gasteiger charge is -2.21. The summed E-state index contributed by atoms with van der Waals surface area (Å²) in [5.74, 6) is 0.818. The first-order valence-electron chi connectivity index (χ1n) is 14.3. The summed E-state index contributed by atoms with van der Waals surface area (Å²) in [6, 6.07) is 16.5. The van der Waals surface area contributed by atoms with E-state index in [2.05, 4.69) is 50.1 Å². The molecule has 2 amide bonds. The van der Waals surface area contributed by atoms with Gasteiger partial charge >= 0.3 is 12.2 Å². The van der Waals surface area contributed by atoms with Gasteiger partial charge in [-0.1, -0.05) is 36.4 Å². The summed E-state index contributed by atoms with van der Waals surface area (Å²) in [7, 11) is 0. The molecule has 0 spiro atoms. The van der Waals surface area contributed by atoms with Crippen LogP contribution in [0.15, 0.2) is 48.5 Å². The molecule has 9 nitrogen and oxygen atoms in total. The summed E-state index contributed by atoms with van der Waals surface area (Å²) in [5, 5.41) is 9.40. The number of aromatic nitrogens is 1. The van der Waals surface area contributed by atoms with Gasteiger partial charge in [0.15, 0.2) is 0 Å². The average molecular weight is 554 g/mol. The van der Waals surface area contributed by atoms with E-state index in [0.717, 1.165) is 51.1 Å². The molecule has 1 aromatic carbocycles. The zero-order valence-electron chi connectivity index (χ0n) is 25.0. The number of pyridine rings is 1. The number of carbonyl (C=O) groups is 2. The smallest absolute Gasteiger partial charge is 0.413 e. The summed E-state index contributed by atoms with van der Waals surface area (Å²) < 4.78 is 10.7. The first-order chi connectivity index (χ1) is 18.9. The number of nitrogens with zero attached hydrogens (tertiary/aromatic N) is 2. The molecule has 1 saturated heterocycles. The summed E-state index contributed by atoms with van der Waals surface area (Å²) in [6.07, 6.45) is 1.96. The predicted molar refractivity (Wildman–Crippen MR) is 159 cm³/mol. The molecule has 2 heterocycles. The number of likely N-dealkylation sites (tertiary alicyclic amines) is 1. The van der Waals surface area contributed by atoms with Crippen LogP contribution in [-0.4, -0.2) is 72.0 Å². The Kier molecular flexibility index (Phi) is 11.3. The molecule has 1 fully saturated rings. The van der Waals surface area contributed by atoms with Gasteiger partial charge in [0.25, 0.3) is 0 Å². The van der Waals surface area contributed by atoms with E-state index >= 15 is 0 Å². The number of amides is 2. The van der Waals surface area contributed by atoms with Crippen LogP contribution < -0.4 is 16.0 Å². The molecular weight excluding hydrogens is 506 g/mol. The molecule has 9 heteroatoms. The van der Waals surface area contributed by atoms with E-state index in [1.54, 1.807) is 6.07 Å². The van der Waals surface area contributed by atoms with E-state index in [9.17, 15) is 9.59 Å². The second-order valence-corrected chi connectivity index (χ2v) is 12.4. The molecule has 1 aliphatic heterocycles. The van der Waals surface area contributed by atoms with Crippen molar-refractivity contribution in [3.8, 4) is 0 Å². The fourth-order valence-electron chi connectivity index (χ4n) is 4.78. The Bertz CT molecular complexity index is 1080. The van der Waals surface area contributed by atoms with Gasteiger partial charge in [0, 0.05) is 37.9 Å². The van der Waals surface area contributed by atoms with E-state index < -0.39 is 23.4 Å². The molecule has 0 radical (unpaired) electrons. The number of alkyl carbamates (subject to hydrolysis) is 1. The molecule has 2 unspecified atom stereocenters. The van der Waals surface area contributed by atoms with Crippen molar-refractivity contribution in [2.24, 2.45) is 5.92 Å². The third-order valence-corrected chi connectivity index (χ3v) is 6.41. The summed E-state index contributed by atoms with van der Waals surface area (Å²) in [6.45, 7) is 15.0. The number of aryl methyl sites for hydroxylation is 1. The third-order valence-electron chi connectivity index (χ3n) is 6.41. The van der Waals surface area contributed by atoms with Crippen LogP contribution in [0.2, 0.25) is 0 Å².